The van der Waals surface area contributed by atoms with E-state index >= 15 is 0 Å². The molecule has 0 amide bonds. The van der Waals surface area contributed by atoms with Crippen molar-refractivity contribution in [1.82, 2.24) is 4.90 Å². The summed E-state index contributed by atoms with van der Waals surface area (Å²) in [5.41, 5.74) is 8.52. The number of rotatable bonds is 4. The molecule has 2 N–H and O–H groups in total. The van der Waals surface area contributed by atoms with E-state index in [4.69, 9.17) is 15.2 Å². The molecule has 0 aliphatic carbocycles. The van der Waals surface area contributed by atoms with Crippen LogP contribution in [0.15, 0.2) is 18.2 Å². The van der Waals surface area contributed by atoms with Gasteiger partial charge in [0.1, 0.15) is 11.4 Å². The van der Waals surface area contributed by atoms with Crippen molar-refractivity contribution in [2.75, 3.05) is 26.7 Å². The summed E-state index contributed by atoms with van der Waals surface area (Å²) in [7, 11) is 1.79. The topological polar surface area (TPSA) is 47.7 Å². The molecule has 0 spiro atoms. The highest BCUT2D eigenvalue weighted by molar-refractivity contribution is 5.47. The van der Waals surface area contributed by atoms with Crippen molar-refractivity contribution < 1.29 is 9.47 Å². The Labute approximate surface area is 127 Å². The minimum atomic E-state index is -0.113. The zero-order valence-corrected chi connectivity index (χ0v) is 13.3. The average Bonchev–Trinajstić information content (AvgIpc) is 3.02. The second kappa shape index (κ2) is 5.59. The fourth-order valence-electron chi connectivity index (χ4n) is 3.60. The molecule has 1 aromatic rings. The summed E-state index contributed by atoms with van der Waals surface area (Å²) in [6.07, 6.45) is 2.37. The lowest BCUT2D eigenvalue weighted by molar-refractivity contribution is 0.0997. The van der Waals surface area contributed by atoms with Gasteiger partial charge < -0.3 is 15.2 Å². The summed E-state index contributed by atoms with van der Waals surface area (Å²) in [5.74, 6) is 1.05. The number of fused-ring (bicyclic) bond motifs is 1. The van der Waals surface area contributed by atoms with Crippen molar-refractivity contribution in [1.29, 1.82) is 0 Å². The summed E-state index contributed by atoms with van der Waals surface area (Å²) < 4.78 is 11.7. The number of benzene rings is 1. The molecule has 116 valence electrons. The molecule has 0 radical (unpaired) electrons. The van der Waals surface area contributed by atoms with Crippen LogP contribution in [0, 0.1) is 0 Å². The lowest BCUT2D eigenvalue weighted by Crippen LogP contribution is -2.33. The summed E-state index contributed by atoms with van der Waals surface area (Å²) in [4.78, 5) is 2.43. The molecule has 2 unspecified atom stereocenters. The van der Waals surface area contributed by atoms with Gasteiger partial charge in [-0.05, 0) is 25.8 Å². The van der Waals surface area contributed by atoms with Gasteiger partial charge in [-0.1, -0.05) is 18.2 Å². The monoisotopic (exact) mass is 290 g/mol. The maximum Gasteiger partial charge on any atom is 0.128 e. The summed E-state index contributed by atoms with van der Waals surface area (Å²) >= 11 is 0. The van der Waals surface area contributed by atoms with Crippen molar-refractivity contribution in [3.05, 3.63) is 29.3 Å². The Morgan fingerprint density at radius 1 is 1.48 bits per heavy atom. The highest BCUT2D eigenvalue weighted by Gasteiger charge is 2.35. The van der Waals surface area contributed by atoms with Crippen LogP contribution in [0.1, 0.15) is 37.4 Å². The van der Waals surface area contributed by atoms with Crippen LogP contribution >= 0.6 is 0 Å². The van der Waals surface area contributed by atoms with Crippen molar-refractivity contribution in [3.8, 4) is 5.75 Å². The van der Waals surface area contributed by atoms with E-state index in [9.17, 15) is 0 Å². The fraction of sp³-hybridized carbons (Fsp3) is 0.647. The highest BCUT2D eigenvalue weighted by Crippen LogP contribution is 2.41. The van der Waals surface area contributed by atoms with Gasteiger partial charge in [-0.3, -0.25) is 4.90 Å². The number of nitrogens with zero attached hydrogens (tertiary/aromatic N) is 1. The van der Waals surface area contributed by atoms with Crippen LogP contribution in [0.3, 0.4) is 0 Å². The SMILES string of the molecule is COC1CCN(C(CN)c2cccc3c2OC(C)(C)C3)C1. The van der Waals surface area contributed by atoms with Crippen LogP contribution in [0.2, 0.25) is 0 Å². The number of methoxy groups -OCH3 is 1. The Hall–Kier alpha value is -1.10. The lowest BCUT2D eigenvalue weighted by Gasteiger charge is -2.29. The first-order valence-corrected chi connectivity index (χ1v) is 7.82. The van der Waals surface area contributed by atoms with E-state index < -0.39 is 0 Å². The van der Waals surface area contributed by atoms with Gasteiger partial charge in [-0.2, -0.15) is 0 Å². The van der Waals surface area contributed by atoms with Crippen molar-refractivity contribution in [2.24, 2.45) is 5.73 Å². The molecule has 4 nitrogen and oxygen atoms in total. The minimum absolute atomic E-state index is 0.113. The largest absolute Gasteiger partial charge is 0.487 e. The minimum Gasteiger partial charge on any atom is -0.487 e. The number of hydrogen-bond acceptors (Lipinski definition) is 4. The lowest BCUT2D eigenvalue weighted by atomic mass is 9.97. The molecule has 0 bridgehead atoms. The number of hydrogen-bond donors (Lipinski definition) is 1. The van der Waals surface area contributed by atoms with Crippen LogP contribution in [0.4, 0.5) is 0 Å². The van der Waals surface area contributed by atoms with E-state index in [1.54, 1.807) is 7.11 Å². The molecular formula is C17H26N2O2. The first kappa shape index (κ1) is 14.8. The normalized spacial score (nSPS) is 25.6. The van der Waals surface area contributed by atoms with Crippen LogP contribution in [-0.4, -0.2) is 43.3 Å². The summed E-state index contributed by atoms with van der Waals surface area (Å²) in [6, 6.07) is 6.68. The zero-order chi connectivity index (χ0) is 15.0. The smallest absolute Gasteiger partial charge is 0.128 e. The number of ether oxygens (including phenoxy) is 2. The third kappa shape index (κ3) is 2.80. The molecule has 1 fully saturated rings. The quantitative estimate of drug-likeness (QED) is 0.923. The predicted molar refractivity (Wildman–Crippen MR) is 83.6 cm³/mol. The molecule has 21 heavy (non-hydrogen) atoms. The standard InChI is InChI=1S/C17H26N2O2/c1-17(2)9-12-5-4-6-14(16(12)21-17)15(10-18)19-8-7-13(11-19)20-3/h4-6,13,15H,7-11,18H2,1-3H3. The predicted octanol–water partition coefficient (Wildman–Crippen LogP) is 2.12. The van der Waals surface area contributed by atoms with E-state index in [1.165, 1.54) is 11.1 Å². The first-order chi connectivity index (χ1) is 10.0. The maximum atomic E-state index is 6.21. The third-order valence-electron chi connectivity index (χ3n) is 4.65. The average molecular weight is 290 g/mol. The van der Waals surface area contributed by atoms with Gasteiger partial charge in [0, 0.05) is 38.7 Å². The molecular weight excluding hydrogens is 264 g/mol. The molecule has 0 aromatic heterocycles. The Morgan fingerprint density at radius 3 is 2.95 bits per heavy atom. The van der Waals surface area contributed by atoms with Crippen molar-refractivity contribution in [3.63, 3.8) is 0 Å². The van der Waals surface area contributed by atoms with Crippen molar-refractivity contribution in [2.45, 2.75) is 44.4 Å². The summed E-state index contributed by atoms with van der Waals surface area (Å²) in [5, 5.41) is 0. The Morgan fingerprint density at radius 2 is 2.29 bits per heavy atom. The number of para-hydroxylation sites is 1. The molecule has 2 atom stereocenters. The van der Waals surface area contributed by atoms with Gasteiger partial charge in [0.2, 0.25) is 0 Å². The van der Waals surface area contributed by atoms with Gasteiger partial charge in [-0.25, -0.2) is 0 Å². The molecule has 0 saturated carbocycles. The maximum absolute atomic E-state index is 6.21. The van der Waals surface area contributed by atoms with E-state index in [1.807, 2.05) is 0 Å². The van der Waals surface area contributed by atoms with Crippen molar-refractivity contribution >= 4 is 0 Å². The first-order valence-electron chi connectivity index (χ1n) is 7.82. The highest BCUT2D eigenvalue weighted by atomic mass is 16.5. The zero-order valence-electron chi connectivity index (χ0n) is 13.3. The number of likely N-dealkylation sites (tertiary alicyclic amines) is 1. The molecule has 1 saturated heterocycles. The van der Waals surface area contributed by atoms with Crippen LogP contribution in [0.25, 0.3) is 0 Å². The second-order valence-corrected chi connectivity index (χ2v) is 6.77. The molecule has 2 heterocycles. The van der Waals surface area contributed by atoms with Crippen LogP contribution in [0.5, 0.6) is 5.75 Å². The van der Waals surface area contributed by atoms with E-state index in [2.05, 4.69) is 36.9 Å². The molecule has 3 rings (SSSR count). The van der Waals surface area contributed by atoms with Crippen LogP contribution in [-0.2, 0) is 11.2 Å². The van der Waals surface area contributed by atoms with E-state index in [0.29, 0.717) is 12.6 Å². The van der Waals surface area contributed by atoms with E-state index in [-0.39, 0.29) is 11.6 Å². The van der Waals surface area contributed by atoms with Gasteiger partial charge in [0.05, 0.1) is 12.1 Å². The van der Waals surface area contributed by atoms with E-state index in [0.717, 1.165) is 31.7 Å². The van der Waals surface area contributed by atoms with Gasteiger partial charge in [0.15, 0.2) is 0 Å². The number of nitrogens with two attached hydrogens (primary N) is 1. The third-order valence-corrected chi connectivity index (χ3v) is 4.65. The molecule has 2 aliphatic heterocycles. The molecule has 1 aromatic carbocycles. The van der Waals surface area contributed by atoms with Crippen LogP contribution < -0.4 is 10.5 Å². The van der Waals surface area contributed by atoms with Gasteiger partial charge in [-0.15, -0.1) is 0 Å². The fourth-order valence-corrected chi connectivity index (χ4v) is 3.60. The Kier molecular flexibility index (Phi) is 3.95. The summed E-state index contributed by atoms with van der Waals surface area (Å²) in [6.45, 7) is 6.88. The van der Waals surface area contributed by atoms with Gasteiger partial charge in [0.25, 0.3) is 0 Å². The second-order valence-electron chi connectivity index (χ2n) is 6.77. The molecule has 2 aliphatic rings. The van der Waals surface area contributed by atoms with Gasteiger partial charge >= 0.3 is 0 Å². The Bertz CT molecular complexity index is 516. The Balaban J connectivity index is 1.88. The molecule has 4 heteroatoms.